The third-order valence-corrected chi connectivity index (χ3v) is 26.8. The van der Waals surface area contributed by atoms with Gasteiger partial charge >= 0.3 is 0 Å². The molecule has 0 aromatic heterocycles. The number of fused-ring (bicyclic) bond motifs is 15. The summed E-state index contributed by atoms with van der Waals surface area (Å²) >= 11 is 0. The molecule has 116 heavy (non-hydrogen) atoms. The van der Waals surface area contributed by atoms with Crippen molar-refractivity contribution < 1.29 is 0 Å². The van der Waals surface area contributed by atoms with Gasteiger partial charge in [0.25, 0.3) is 0 Å². The minimum absolute atomic E-state index is 0.110. The van der Waals surface area contributed by atoms with Gasteiger partial charge in [-0.3, -0.25) is 0 Å². The summed E-state index contributed by atoms with van der Waals surface area (Å²) in [5.74, 6) is 0. The van der Waals surface area contributed by atoms with Crippen LogP contribution >= 0.6 is 0 Å². The average molecular weight is 1480 g/mol. The van der Waals surface area contributed by atoms with Gasteiger partial charge in [0.15, 0.2) is 0 Å². The summed E-state index contributed by atoms with van der Waals surface area (Å²) in [6.45, 7) is 20.3. The van der Waals surface area contributed by atoms with Crippen molar-refractivity contribution in [3.05, 3.63) is 490 Å². The molecular weight excluding hydrogens is 1400 g/mol. The van der Waals surface area contributed by atoms with Gasteiger partial charge in [0, 0.05) is 39.5 Å². The van der Waals surface area contributed by atoms with Crippen LogP contribution in [0.25, 0.3) is 88.6 Å². The molecule has 2 heteroatoms. The van der Waals surface area contributed by atoms with Crippen molar-refractivity contribution in [2.75, 3.05) is 9.80 Å². The van der Waals surface area contributed by atoms with E-state index in [1.807, 2.05) is 12.2 Å². The van der Waals surface area contributed by atoms with Crippen molar-refractivity contribution >= 4 is 89.4 Å². The maximum Gasteiger partial charge on any atom is 0.0715 e. The van der Waals surface area contributed by atoms with E-state index in [-0.39, 0.29) is 5.41 Å². The molecule has 3 aliphatic carbocycles. The largest absolute Gasteiger partial charge is 0.310 e. The molecule has 7 bridgehead atoms. The Morgan fingerprint density at radius 3 is 1.16 bits per heavy atom. The fraction of sp³-hybridized carbons (Fsp3) is 0.0877. The van der Waals surface area contributed by atoms with E-state index in [9.17, 15) is 0 Å². The smallest absolute Gasteiger partial charge is 0.0715 e. The predicted molar refractivity (Wildman–Crippen MR) is 489 cm³/mol. The zero-order valence-corrected chi connectivity index (χ0v) is 65.8. The summed E-state index contributed by atoms with van der Waals surface area (Å²) in [7, 11) is 0. The summed E-state index contributed by atoms with van der Waals surface area (Å²) in [6.07, 6.45) is 3.89. The van der Waals surface area contributed by atoms with Crippen LogP contribution in [0.1, 0.15) is 129 Å². The molecule has 0 radical (unpaired) electrons. The maximum absolute atomic E-state index is 4.21. The first-order valence-corrected chi connectivity index (χ1v) is 40.8. The van der Waals surface area contributed by atoms with E-state index in [0.29, 0.717) is 0 Å². The van der Waals surface area contributed by atoms with Crippen LogP contribution in [0.4, 0.5) is 34.1 Å². The second kappa shape index (κ2) is 25.8. The molecule has 2 aliphatic heterocycles. The number of nitrogens with zero attached hydrogens (tertiary/aromatic N) is 2. The van der Waals surface area contributed by atoms with E-state index in [0.717, 1.165) is 45.3 Å². The van der Waals surface area contributed by atoms with E-state index in [1.54, 1.807) is 0 Å². The predicted octanol–water partition coefficient (Wildman–Crippen LogP) is 29.6. The van der Waals surface area contributed by atoms with Crippen LogP contribution in [0.3, 0.4) is 0 Å². The molecule has 550 valence electrons. The molecule has 0 saturated carbocycles. The van der Waals surface area contributed by atoms with Crippen molar-refractivity contribution in [2.24, 2.45) is 0 Å². The summed E-state index contributed by atoms with van der Waals surface area (Å²) in [5.41, 5.74) is 31.5. The monoisotopic (exact) mass is 1480 g/mol. The molecule has 18 aromatic carbocycles. The maximum atomic E-state index is 4.21. The van der Waals surface area contributed by atoms with E-state index in [2.05, 4.69) is 440 Å². The van der Waals surface area contributed by atoms with Crippen LogP contribution in [0.15, 0.2) is 395 Å². The van der Waals surface area contributed by atoms with Gasteiger partial charge in [-0.2, -0.15) is 0 Å². The minimum atomic E-state index is -0.900. The molecule has 0 amide bonds. The van der Waals surface area contributed by atoms with Crippen LogP contribution in [0.2, 0.25) is 0 Å². The van der Waals surface area contributed by atoms with Gasteiger partial charge in [-0.1, -0.05) is 363 Å². The van der Waals surface area contributed by atoms with Crippen LogP contribution in [-0.4, -0.2) is 0 Å². The Bertz CT molecular complexity index is 7100. The quantitative estimate of drug-likeness (QED) is 0.119. The van der Waals surface area contributed by atoms with Crippen molar-refractivity contribution in [3.8, 4) is 33.4 Å². The zero-order chi connectivity index (χ0) is 78.0. The Morgan fingerprint density at radius 2 is 0.621 bits per heavy atom. The minimum Gasteiger partial charge on any atom is -0.310 e. The van der Waals surface area contributed by atoms with Gasteiger partial charge in [-0.25, -0.2) is 0 Å². The van der Waals surface area contributed by atoms with Crippen molar-refractivity contribution in [1.29, 1.82) is 0 Å². The van der Waals surface area contributed by atoms with Crippen LogP contribution in [0, 0.1) is 0 Å². The molecule has 3 atom stereocenters. The molecule has 0 N–H and O–H groups in total. The number of benzene rings is 18. The molecule has 0 fully saturated rings. The number of hydrogen-bond donors (Lipinski definition) is 0. The molecule has 3 unspecified atom stereocenters. The number of rotatable bonds is 11. The Morgan fingerprint density at radius 1 is 0.259 bits per heavy atom. The highest BCUT2D eigenvalue weighted by atomic mass is 15.1. The lowest BCUT2D eigenvalue weighted by atomic mass is 9.66. The highest BCUT2D eigenvalue weighted by Gasteiger charge is 2.51. The molecule has 2 nitrogen and oxygen atoms in total. The molecule has 0 spiro atoms. The molecule has 5 aliphatic rings. The lowest BCUT2D eigenvalue weighted by molar-refractivity contribution is 0.589. The zero-order valence-electron chi connectivity index (χ0n) is 65.8. The first kappa shape index (κ1) is 68.8. The average Bonchev–Trinajstić information content (AvgIpc) is 1.53. The van der Waals surface area contributed by atoms with E-state index in [1.165, 1.54) is 160 Å². The fourth-order valence-corrected chi connectivity index (χ4v) is 21.2. The van der Waals surface area contributed by atoms with Gasteiger partial charge in [0.2, 0.25) is 0 Å². The second-order valence-corrected chi connectivity index (χ2v) is 33.9. The van der Waals surface area contributed by atoms with Crippen molar-refractivity contribution in [3.63, 3.8) is 0 Å². The van der Waals surface area contributed by atoms with E-state index >= 15 is 0 Å². The molecule has 0 saturated heterocycles. The van der Waals surface area contributed by atoms with Crippen LogP contribution in [0.5, 0.6) is 0 Å². The number of hydrogen-bond acceptors (Lipinski definition) is 2. The second-order valence-electron chi connectivity index (χ2n) is 33.9. The third kappa shape index (κ3) is 9.90. The lowest BCUT2D eigenvalue weighted by Gasteiger charge is -2.37. The van der Waals surface area contributed by atoms with E-state index in [4.69, 9.17) is 0 Å². The Labute approximate surface area is 679 Å². The summed E-state index contributed by atoms with van der Waals surface area (Å²) < 4.78 is 0. The summed E-state index contributed by atoms with van der Waals surface area (Å²) in [6, 6.07) is 147. The fourth-order valence-electron chi connectivity index (χ4n) is 21.2. The highest BCUT2D eigenvalue weighted by molar-refractivity contribution is 6.12. The molecule has 18 aromatic rings. The lowest BCUT2D eigenvalue weighted by Crippen LogP contribution is -2.30. The Hall–Kier alpha value is -13.9. The van der Waals surface area contributed by atoms with Crippen molar-refractivity contribution in [2.45, 2.75) is 61.7 Å². The number of anilines is 6. The Balaban J connectivity index is 0.827. The third-order valence-electron chi connectivity index (χ3n) is 26.8. The molecular formula is C114H84N2. The summed E-state index contributed by atoms with van der Waals surface area (Å²) in [5, 5.41) is 9.76. The van der Waals surface area contributed by atoms with Crippen LogP contribution in [-0.2, 0) is 27.1 Å². The molecule has 23 rings (SSSR count). The van der Waals surface area contributed by atoms with E-state index < -0.39 is 21.7 Å². The summed E-state index contributed by atoms with van der Waals surface area (Å²) in [4.78, 5) is 5.13. The first-order valence-electron chi connectivity index (χ1n) is 40.8. The van der Waals surface area contributed by atoms with Gasteiger partial charge in [-0.05, 0) is 255 Å². The SMILES string of the molecule is C=Cc1ccc(C2(c3ccccc3)c3ccccc3-c3ccc(N(c4ccc5c(c4)C4(c6ccc(C(C)(C)C)cc6)c6ccc(cc6)C(C)(C)c6cc7cc(ccc7c7ccccc67)N(c6ccc7c(c6)C(c6ccccc6)(c6ccc(C=C)cc6)c6ccccc6-7)c6ccc-5c4c6)c4ccc5c(ccc6ccccc65)c4)cc32)cc1. The first-order chi connectivity index (χ1) is 56.8. The van der Waals surface area contributed by atoms with Crippen LogP contribution < -0.4 is 9.80 Å². The van der Waals surface area contributed by atoms with Crippen molar-refractivity contribution in [1.82, 2.24) is 0 Å². The van der Waals surface area contributed by atoms with Gasteiger partial charge in [-0.15, -0.1) is 0 Å². The normalized spacial score (nSPS) is 17.1. The molecule has 2 heterocycles. The highest BCUT2D eigenvalue weighted by Crippen LogP contribution is 2.63. The van der Waals surface area contributed by atoms with Gasteiger partial charge in [0.05, 0.1) is 16.2 Å². The Kier molecular flexibility index (Phi) is 15.3. The van der Waals surface area contributed by atoms with Gasteiger partial charge < -0.3 is 9.80 Å². The topological polar surface area (TPSA) is 6.48 Å². The van der Waals surface area contributed by atoms with Gasteiger partial charge in [0.1, 0.15) is 0 Å². The standard InChI is InChI=1S/C114H84N2/c1-8-73-36-42-82(43-37-73)112(80-25-12-10-13-26-80)103-34-22-20-32-97(103)99-62-56-88(69-106(99)112)115(86-54-60-93-76(66-86)41-40-75-24-16-17-29-92(75)93)90-58-64-101-102-65-59-91-72-109(102)114(108(101)71-90,84-50-46-78(47-51-84)110(3,4)5)85-52-48-79(49-53-85)111(6,7)105-68-77-67-87(55-61-94(77)95-30-18-19-31-96(95)105)116(91)89-57-63-100-98-33-21-23-35-104(98)113(107(100)70-89,81-27-14-11-15-28-81)83-44-38-74(9-2)39-45-83/h8-72H,1-2H2,3-7H3.